The zero-order chi connectivity index (χ0) is 35.8. The third-order valence-corrected chi connectivity index (χ3v) is 9.88. The van der Waals surface area contributed by atoms with E-state index in [1.165, 1.54) is 0 Å². The predicted octanol–water partition coefficient (Wildman–Crippen LogP) is 6.69. The number of halogens is 1. The Balaban J connectivity index is 1.08. The summed E-state index contributed by atoms with van der Waals surface area (Å²) in [4.78, 5) is 27.5. The summed E-state index contributed by atoms with van der Waals surface area (Å²) in [5, 5.41) is 27.4. The highest BCUT2D eigenvalue weighted by molar-refractivity contribution is 6.30. The van der Waals surface area contributed by atoms with Crippen molar-refractivity contribution in [2.75, 3.05) is 36.0 Å². The maximum absolute atomic E-state index is 12.8. The normalized spacial score (nSPS) is 20.4. The molecule has 0 saturated carbocycles. The van der Waals surface area contributed by atoms with Crippen molar-refractivity contribution in [2.45, 2.75) is 69.2 Å². The summed E-state index contributed by atoms with van der Waals surface area (Å²) in [6, 6.07) is 29.7. The van der Waals surface area contributed by atoms with Crippen LogP contribution in [0.15, 0.2) is 97.1 Å². The maximum atomic E-state index is 12.8. The summed E-state index contributed by atoms with van der Waals surface area (Å²) in [5.74, 6) is -0.403. The number of aliphatic hydroxyl groups excluding tert-OH is 1. The molecule has 0 radical (unpaired) electrons. The molecular formula is C40H45ClN4O6. The first-order chi connectivity index (χ1) is 24.7. The lowest BCUT2D eigenvalue weighted by Gasteiger charge is -2.42. The number of carbonyl (C=O) groups excluding carboxylic acids is 2. The van der Waals surface area contributed by atoms with Gasteiger partial charge in [0.1, 0.15) is 0 Å². The first-order valence-corrected chi connectivity index (χ1v) is 17.8. The molecule has 3 atom stereocenters. The molecule has 3 unspecified atom stereocenters. The van der Waals surface area contributed by atoms with Gasteiger partial charge in [-0.3, -0.25) is 9.59 Å². The fraction of sp³-hybridized carbons (Fsp3) is 0.350. The van der Waals surface area contributed by atoms with E-state index in [1.54, 1.807) is 24.3 Å². The monoisotopic (exact) mass is 712 g/mol. The molecule has 2 saturated heterocycles. The van der Waals surface area contributed by atoms with Gasteiger partial charge >= 0.3 is 0 Å². The number of amides is 2. The molecule has 6 rings (SSSR count). The van der Waals surface area contributed by atoms with Gasteiger partial charge in [-0.05, 0) is 72.4 Å². The minimum absolute atomic E-state index is 0.0357. The van der Waals surface area contributed by atoms with Gasteiger partial charge in [0.25, 0.3) is 0 Å². The summed E-state index contributed by atoms with van der Waals surface area (Å²) in [6.45, 7) is 2.06. The zero-order valence-electron chi connectivity index (χ0n) is 28.5. The van der Waals surface area contributed by atoms with Gasteiger partial charge in [0, 0.05) is 55.2 Å². The van der Waals surface area contributed by atoms with Crippen LogP contribution in [-0.4, -0.2) is 52.7 Å². The van der Waals surface area contributed by atoms with Crippen LogP contribution in [0.1, 0.15) is 73.2 Å². The number of carbonyl (C=O) groups is 2. The van der Waals surface area contributed by atoms with Crippen LogP contribution in [0.5, 0.6) is 0 Å². The van der Waals surface area contributed by atoms with Crippen LogP contribution in [0.25, 0.3) is 0 Å². The number of piperidine rings is 1. The van der Waals surface area contributed by atoms with E-state index >= 15 is 0 Å². The number of aliphatic hydroxyl groups is 2. The number of anilines is 3. The highest BCUT2D eigenvalue weighted by Gasteiger charge is 2.37. The second-order valence-corrected chi connectivity index (χ2v) is 13.8. The largest absolute Gasteiger partial charge is 0.397 e. The molecule has 2 heterocycles. The van der Waals surface area contributed by atoms with Gasteiger partial charge < -0.3 is 41.0 Å². The van der Waals surface area contributed by atoms with Crippen molar-refractivity contribution >= 4 is 40.5 Å². The standard InChI is InChI=1S/C40H45ClN4O6/c41-31-17-15-30(16-18-31)40(49)19-21-45(22-20-40)25-33-24-36(28-13-11-27(26-46)12-14-28)51-39(50-33)29-5-3-6-32(23-29)43-37(47)9-4-10-38(48)44-35-8-2-1-7-34(35)42/h1-3,5-8,11-18,23,33,36,39,46,49H,4,9-10,19-22,24-26,42H2,(H,43,47)(H,44,48). The lowest BCUT2D eigenvalue weighted by Crippen LogP contribution is -2.46. The van der Waals surface area contributed by atoms with Gasteiger partial charge in [-0.15, -0.1) is 0 Å². The van der Waals surface area contributed by atoms with Crippen LogP contribution in [-0.2, 0) is 31.3 Å². The molecule has 11 heteroatoms. The molecule has 2 aliphatic heterocycles. The first-order valence-electron chi connectivity index (χ1n) is 17.4. The number of ether oxygens (including phenoxy) is 2. The van der Waals surface area contributed by atoms with Crippen LogP contribution in [0, 0.1) is 0 Å². The summed E-state index contributed by atoms with van der Waals surface area (Å²) >= 11 is 6.08. The molecule has 10 nitrogen and oxygen atoms in total. The Bertz CT molecular complexity index is 1780. The second kappa shape index (κ2) is 16.8. The number of benzene rings is 4. The Hall–Kier alpha value is -4.29. The van der Waals surface area contributed by atoms with Gasteiger partial charge in [0.05, 0.1) is 35.8 Å². The molecule has 2 amide bonds. The smallest absolute Gasteiger partial charge is 0.224 e. The number of nitrogens with zero attached hydrogens (tertiary/aromatic N) is 1. The minimum Gasteiger partial charge on any atom is -0.397 e. The fourth-order valence-electron chi connectivity index (χ4n) is 6.69. The van der Waals surface area contributed by atoms with Crippen LogP contribution < -0.4 is 16.4 Å². The Morgan fingerprint density at radius 3 is 2.27 bits per heavy atom. The number of likely N-dealkylation sites (tertiary alicyclic amines) is 1. The van der Waals surface area contributed by atoms with E-state index < -0.39 is 11.9 Å². The van der Waals surface area contributed by atoms with Crippen LogP contribution >= 0.6 is 11.6 Å². The number of hydrogen-bond acceptors (Lipinski definition) is 8. The number of nitrogen functional groups attached to an aromatic ring is 1. The lowest BCUT2D eigenvalue weighted by atomic mass is 9.84. The van der Waals surface area contributed by atoms with Crippen molar-refractivity contribution < 1.29 is 29.3 Å². The Morgan fingerprint density at radius 2 is 1.57 bits per heavy atom. The van der Waals surface area contributed by atoms with E-state index in [0.29, 0.717) is 67.4 Å². The number of para-hydroxylation sites is 2. The number of nitrogens with two attached hydrogens (primary N) is 1. The average molecular weight is 713 g/mol. The van der Waals surface area contributed by atoms with E-state index in [2.05, 4.69) is 15.5 Å². The SMILES string of the molecule is Nc1ccccc1NC(=O)CCCC(=O)Nc1cccc(C2OC(CN3CCC(O)(c4ccc(Cl)cc4)CC3)CC(c3ccc(CO)cc3)O2)c1. The van der Waals surface area contributed by atoms with Crippen molar-refractivity contribution in [3.63, 3.8) is 0 Å². The number of rotatable bonds is 12. The van der Waals surface area contributed by atoms with Crippen molar-refractivity contribution in [1.82, 2.24) is 4.90 Å². The number of hydrogen-bond donors (Lipinski definition) is 5. The third-order valence-electron chi connectivity index (χ3n) is 9.63. The summed E-state index contributed by atoms with van der Waals surface area (Å²) in [5.41, 5.74) is 10.1. The molecule has 4 aromatic carbocycles. The Labute approximate surface area is 303 Å². The highest BCUT2D eigenvalue weighted by Crippen LogP contribution is 2.40. The number of nitrogens with one attached hydrogen (secondary N) is 2. The Morgan fingerprint density at radius 1 is 0.863 bits per heavy atom. The quantitative estimate of drug-likeness (QED) is 0.102. The molecular weight excluding hydrogens is 668 g/mol. The van der Waals surface area contributed by atoms with Crippen molar-refractivity contribution in [3.8, 4) is 0 Å². The molecule has 268 valence electrons. The maximum Gasteiger partial charge on any atom is 0.224 e. The summed E-state index contributed by atoms with van der Waals surface area (Å²) in [7, 11) is 0. The van der Waals surface area contributed by atoms with E-state index in [0.717, 1.165) is 22.3 Å². The van der Waals surface area contributed by atoms with Crippen molar-refractivity contribution in [1.29, 1.82) is 0 Å². The molecule has 0 bridgehead atoms. The molecule has 2 fully saturated rings. The third kappa shape index (κ3) is 9.74. The van der Waals surface area contributed by atoms with Gasteiger partial charge in [-0.2, -0.15) is 0 Å². The molecule has 0 spiro atoms. The summed E-state index contributed by atoms with van der Waals surface area (Å²) in [6.07, 6.45) is 1.46. The Kier molecular flexibility index (Phi) is 12.0. The lowest BCUT2D eigenvalue weighted by molar-refractivity contribution is -0.253. The topological polar surface area (TPSA) is 146 Å². The minimum atomic E-state index is -0.898. The first kappa shape index (κ1) is 36.5. The van der Waals surface area contributed by atoms with Gasteiger partial charge in [0.15, 0.2) is 6.29 Å². The molecule has 4 aromatic rings. The average Bonchev–Trinajstić information content (AvgIpc) is 3.14. The van der Waals surface area contributed by atoms with Gasteiger partial charge in [0.2, 0.25) is 11.8 Å². The molecule has 0 aliphatic carbocycles. The van der Waals surface area contributed by atoms with Crippen LogP contribution in [0.3, 0.4) is 0 Å². The van der Waals surface area contributed by atoms with Crippen molar-refractivity contribution in [3.05, 3.63) is 124 Å². The molecule has 0 aromatic heterocycles. The van der Waals surface area contributed by atoms with Crippen LogP contribution in [0.2, 0.25) is 5.02 Å². The van der Waals surface area contributed by atoms with Crippen LogP contribution in [0.4, 0.5) is 17.1 Å². The zero-order valence-corrected chi connectivity index (χ0v) is 29.2. The van der Waals surface area contributed by atoms with Gasteiger partial charge in [-0.1, -0.05) is 72.3 Å². The molecule has 2 aliphatic rings. The molecule has 51 heavy (non-hydrogen) atoms. The van der Waals surface area contributed by atoms with E-state index in [-0.39, 0.29) is 43.5 Å². The summed E-state index contributed by atoms with van der Waals surface area (Å²) < 4.78 is 13.1. The fourth-order valence-corrected chi connectivity index (χ4v) is 6.82. The van der Waals surface area contributed by atoms with Crippen molar-refractivity contribution in [2.24, 2.45) is 0 Å². The van der Waals surface area contributed by atoms with E-state index in [4.69, 9.17) is 26.8 Å². The van der Waals surface area contributed by atoms with E-state index in [1.807, 2.05) is 72.8 Å². The predicted molar refractivity (Wildman–Crippen MR) is 198 cm³/mol. The molecule has 6 N–H and O–H groups in total. The highest BCUT2D eigenvalue weighted by atomic mass is 35.5. The second-order valence-electron chi connectivity index (χ2n) is 13.4. The van der Waals surface area contributed by atoms with Gasteiger partial charge in [-0.25, -0.2) is 0 Å². The van der Waals surface area contributed by atoms with E-state index in [9.17, 15) is 19.8 Å².